The number of rotatable bonds is 5. The fraction of sp³-hybridized carbons (Fsp3) is 0.278. The van der Waals surface area contributed by atoms with E-state index in [0.717, 1.165) is 41.0 Å². The van der Waals surface area contributed by atoms with E-state index in [2.05, 4.69) is 29.2 Å². The van der Waals surface area contributed by atoms with Crippen LogP contribution in [0.25, 0.3) is 16.9 Å². The third-order valence-corrected chi connectivity index (χ3v) is 4.02. The Bertz CT molecular complexity index is 901. The Morgan fingerprint density at radius 3 is 2.79 bits per heavy atom. The molecule has 0 aliphatic heterocycles. The number of nitrogens with zero attached hydrogens (tertiary/aromatic N) is 3. The summed E-state index contributed by atoms with van der Waals surface area (Å²) in [7, 11) is 0. The van der Waals surface area contributed by atoms with E-state index in [9.17, 15) is 4.79 Å². The fourth-order valence-electron chi connectivity index (χ4n) is 2.55. The van der Waals surface area contributed by atoms with Crippen molar-refractivity contribution < 1.29 is 4.79 Å². The molecule has 0 radical (unpaired) electrons. The highest BCUT2D eigenvalue weighted by Crippen LogP contribution is 2.27. The zero-order chi connectivity index (χ0) is 17.3. The van der Waals surface area contributed by atoms with E-state index < -0.39 is 0 Å². The Kier molecular flexibility index (Phi) is 4.53. The summed E-state index contributed by atoms with van der Waals surface area (Å²) in [6.07, 6.45) is 2.63. The summed E-state index contributed by atoms with van der Waals surface area (Å²) < 4.78 is 1.74. The molecule has 0 atom stereocenters. The number of hydrogen-bond donors (Lipinski definition) is 1. The number of halogens is 1. The van der Waals surface area contributed by atoms with Crippen LogP contribution in [0.1, 0.15) is 29.8 Å². The van der Waals surface area contributed by atoms with E-state index in [1.807, 2.05) is 19.1 Å². The number of carbonyl (C=O) groups is 1. The van der Waals surface area contributed by atoms with Gasteiger partial charge in [0.1, 0.15) is 6.29 Å². The molecule has 3 aromatic rings. The number of nitrogens with one attached hydrogen (secondary N) is 1. The molecule has 3 rings (SSSR count). The quantitative estimate of drug-likeness (QED) is 0.704. The van der Waals surface area contributed by atoms with Crippen molar-refractivity contribution in [1.29, 1.82) is 0 Å². The van der Waals surface area contributed by atoms with Crippen LogP contribution in [0.15, 0.2) is 30.5 Å². The minimum Gasteiger partial charge on any atom is -0.382 e. The summed E-state index contributed by atoms with van der Waals surface area (Å²) in [5.74, 6) is 0.505. The van der Waals surface area contributed by atoms with Crippen molar-refractivity contribution in [3.05, 3.63) is 46.7 Å². The van der Waals surface area contributed by atoms with Gasteiger partial charge < -0.3 is 5.32 Å². The molecule has 0 fully saturated rings. The number of imidazole rings is 1. The van der Waals surface area contributed by atoms with Crippen LogP contribution in [-0.2, 0) is 0 Å². The van der Waals surface area contributed by atoms with Crippen LogP contribution in [-0.4, -0.2) is 27.4 Å². The largest absolute Gasteiger partial charge is 0.382 e. The van der Waals surface area contributed by atoms with Crippen LogP contribution in [0.3, 0.4) is 0 Å². The molecule has 0 saturated heterocycles. The molecule has 0 spiro atoms. The summed E-state index contributed by atoms with van der Waals surface area (Å²) >= 11 is 6.19. The molecule has 0 bridgehead atoms. The second-order valence-corrected chi connectivity index (χ2v) is 6.61. The van der Waals surface area contributed by atoms with Crippen LogP contribution in [0.5, 0.6) is 0 Å². The van der Waals surface area contributed by atoms with Gasteiger partial charge in [0.05, 0.1) is 17.6 Å². The first-order valence-electron chi connectivity index (χ1n) is 7.84. The number of fused-ring (bicyclic) bond motifs is 1. The van der Waals surface area contributed by atoms with Crippen molar-refractivity contribution in [2.45, 2.75) is 20.8 Å². The van der Waals surface area contributed by atoms with Gasteiger partial charge >= 0.3 is 0 Å². The van der Waals surface area contributed by atoms with Gasteiger partial charge in [-0.1, -0.05) is 37.6 Å². The maximum atomic E-state index is 11.0. The predicted octanol–water partition coefficient (Wildman–Crippen LogP) is 4.24. The Labute approximate surface area is 145 Å². The highest BCUT2D eigenvalue weighted by atomic mass is 35.5. The molecular weight excluding hydrogens is 324 g/mol. The number of anilines is 1. The van der Waals surface area contributed by atoms with Gasteiger partial charge in [-0.2, -0.15) is 5.10 Å². The van der Waals surface area contributed by atoms with Crippen molar-refractivity contribution in [1.82, 2.24) is 14.6 Å². The summed E-state index contributed by atoms with van der Waals surface area (Å²) in [4.78, 5) is 15.5. The van der Waals surface area contributed by atoms with E-state index >= 15 is 0 Å². The van der Waals surface area contributed by atoms with Gasteiger partial charge in [0, 0.05) is 23.7 Å². The molecule has 2 heterocycles. The Morgan fingerprint density at radius 1 is 1.33 bits per heavy atom. The van der Waals surface area contributed by atoms with Crippen LogP contribution < -0.4 is 5.32 Å². The van der Waals surface area contributed by atoms with Crippen LogP contribution in [0.2, 0.25) is 5.15 Å². The number of aldehydes is 1. The lowest BCUT2D eigenvalue weighted by atomic mass is 10.0. The van der Waals surface area contributed by atoms with Gasteiger partial charge in [0.25, 0.3) is 0 Å². The summed E-state index contributed by atoms with van der Waals surface area (Å²) in [5, 5.41) is 8.15. The molecule has 0 aliphatic carbocycles. The number of benzene rings is 1. The maximum absolute atomic E-state index is 11.0. The summed E-state index contributed by atoms with van der Waals surface area (Å²) in [5.41, 5.74) is 4.95. The van der Waals surface area contributed by atoms with E-state index in [-0.39, 0.29) is 0 Å². The molecule has 0 aliphatic rings. The SMILES string of the molecule is Cc1cc(-c2cnc3c(NCC(C)C)cc(Cl)nn23)ccc1C=O. The van der Waals surface area contributed by atoms with Gasteiger partial charge in [0.15, 0.2) is 10.8 Å². The molecule has 0 amide bonds. The van der Waals surface area contributed by atoms with Crippen molar-refractivity contribution >= 4 is 29.2 Å². The lowest BCUT2D eigenvalue weighted by molar-refractivity contribution is 0.112. The fourth-order valence-corrected chi connectivity index (χ4v) is 2.73. The molecule has 5 nitrogen and oxygen atoms in total. The Morgan fingerprint density at radius 2 is 2.12 bits per heavy atom. The number of aryl methyl sites for hydroxylation is 1. The van der Waals surface area contributed by atoms with Gasteiger partial charge in [-0.15, -0.1) is 0 Å². The van der Waals surface area contributed by atoms with Gasteiger partial charge in [0.2, 0.25) is 0 Å². The molecule has 2 aromatic heterocycles. The minimum atomic E-state index is 0.397. The number of carbonyl (C=O) groups excluding carboxylic acids is 1. The second kappa shape index (κ2) is 6.61. The van der Waals surface area contributed by atoms with E-state index in [1.165, 1.54) is 0 Å². The van der Waals surface area contributed by atoms with Gasteiger partial charge in [-0.3, -0.25) is 4.79 Å². The normalized spacial score (nSPS) is 11.2. The first kappa shape index (κ1) is 16.5. The Balaban J connectivity index is 2.10. The zero-order valence-corrected chi connectivity index (χ0v) is 14.6. The van der Waals surface area contributed by atoms with E-state index in [0.29, 0.717) is 16.6 Å². The second-order valence-electron chi connectivity index (χ2n) is 6.22. The van der Waals surface area contributed by atoms with Gasteiger partial charge in [-0.25, -0.2) is 9.50 Å². The smallest absolute Gasteiger partial charge is 0.177 e. The lowest BCUT2D eigenvalue weighted by Crippen LogP contribution is -2.10. The number of hydrogen-bond acceptors (Lipinski definition) is 4. The van der Waals surface area contributed by atoms with Crippen molar-refractivity contribution in [2.75, 3.05) is 11.9 Å². The zero-order valence-electron chi connectivity index (χ0n) is 13.9. The molecule has 6 heteroatoms. The van der Waals surface area contributed by atoms with Gasteiger partial charge in [-0.05, 0) is 24.5 Å². The molecule has 0 unspecified atom stereocenters. The minimum absolute atomic E-state index is 0.397. The molecule has 1 aromatic carbocycles. The lowest BCUT2D eigenvalue weighted by Gasteiger charge is -2.11. The average Bonchev–Trinajstić information content (AvgIpc) is 2.96. The van der Waals surface area contributed by atoms with Crippen molar-refractivity contribution in [3.8, 4) is 11.3 Å². The van der Waals surface area contributed by atoms with Crippen molar-refractivity contribution in [2.24, 2.45) is 5.92 Å². The molecular formula is C18H19ClN4O. The molecule has 24 heavy (non-hydrogen) atoms. The maximum Gasteiger partial charge on any atom is 0.177 e. The standard InChI is InChI=1S/C18H19ClN4O/c1-11(2)8-20-15-7-17(19)22-23-16(9-21-18(15)23)13-4-5-14(10-24)12(3)6-13/h4-7,9-11,20H,8H2,1-3H3. The Hall–Kier alpha value is -2.40. The highest BCUT2D eigenvalue weighted by Gasteiger charge is 2.13. The molecule has 0 saturated carbocycles. The highest BCUT2D eigenvalue weighted by molar-refractivity contribution is 6.29. The van der Waals surface area contributed by atoms with Crippen LogP contribution >= 0.6 is 11.6 Å². The first-order chi connectivity index (χ1) is 11.5. The molecule has 124 valence electrons. The predicted molar refractivity (Wildman–Crippen MR) is 96.9 cm³/mol. The monoisotopic (exact) mass is 342 g/mol. The van der Waals surface area contributed by atoms with Crippen LogP contribution in [0.4, 0.5) is 5.69 Å². The molecule has 1 N–H and O–H groups in total. The topological polar surface area (TPSA) is 59.3 Å². The third kappa shape index (κ3) is 3.12. The summed E-state index contributed by atoms with van der Waals surface area (Å²) in [6.45, 7) is 7.01. The number of aromatic nitrogens is 3. The average molecular weight is 343 g/mol. The first-order valence-corrected chi connectivity index (χ1v) is 8.21. The van der Waals surface area contributed by atoms with Crippen molar-refractivity contribution in [3.63, 3.8) is 0 Å². The third-order valence-electron chi connectivity index (χ3n) is 3.83. The van der Waals surface area contributed by atoms with E-state index in [4.69, 9.17) is 11.6 Å². The summed E-state index contributed by atoms with van der Waals surface area (Å²) in [6, 6.07) is 7.44. The van der Waals surface area contributed by atoms with Crippen LogP contribution in [0, 0.1) is 12.8 Å². The van der Waals surface area contributed by atoms with E-state index in [1.54, 1.807) is 22.8 Å².